The molecular weight excluding hydrogens is 395 g/mol. The van der Waals surface area contributed by atoms with Gasteiger partial charge in [0.25, 0.3) is 11.8 Å². The summed E-state index contributed by atoms with van der Waals surface area (Å²) in [6.45, 7) is 1.82. The number of thiophene rings is 1. The van der Waals surface area contributed by atoms with E-state index in [4.69, 9.17) is 9.47 Å². The first-order valence-electron chi connectivity index (χ1n) is 8.62. The summed E-state index contributed by atoms with van der Waals surface area (Å²) >= 11 is 1.24. The molecule has 0 atom stereocenters. The molecular formula is C21H19FN2O4S. The highest BCUT2D eigenvalue weighted by atomic mass is 32.1. The van der Waals surface area contributed by atoms with Crippen LogP contribution in [0.4, 0.5) is 4.39 Å². The summed E-state index contributed by atoms with van der Waals surface area (Å²) in [5.74, 6) is -0.283. The molecule has 0 fully saturated rings. The molecule has 0 bridgehead atoms. The van der Waals surface area contributed by atoms with Gasteiger partial charge in [-0.15, -0.1) is 11.3 Å². The second kappa shape index (κ2) is 8.74. The second-order valence-electron chi connectivity index (χ2n) is 6.08. The molecule has 2 amide bonds. The Morgan fingerprint density at radius 2 is 1.48 bits per heavy atom. The molecule has 0 saturated carbocycles. The molecule has 8 heteroatoms. The minimum Gasteiger partial charge on any atom is -0.496 e. The zero-order chi connectivity index (χ0) is 21.0. The molecule has 1 aromatic heterocycles. The van der Waals surface area contributed by atoms with E-state index in [0.29, 0.717) is 16.4 Å². The van der Waals surface area contributed by atoms with E-state index in [-0.39, 0.29) is 11.4 Å². The lowest BCUT2D eigenvalue weighted by Gasteiger charge is -2.13. The number of hydrogen-bond donors (Lipinski definition) is 2. The number of benzene rings is 2. The maximum Gasteiger partial charge on any atom is 0.279 e. The Bertz CT molecular complexity index is 1020. The first-order chi connectivity index (χ1) is 13.9. The van der Waals surface area contributed by atoms with Crippen LogP contribution in [0, 0.1) is 12.7 Å². The Hall–Kier alpha value is -3.39. The molecule has 0 spiro atoms. The summed E-state index contributed by atoms with van der Waals surface area (Å²) in [6.07, 6.45) is 0. The summed E-state index contributed by atoms with van der Waals surface area (Å²) < 4.78 is 23.6. The van der Waals surface area contributed by atoms with Crippen molar-refractivity contribution < 1.29 is 23.5 Å². The van der Waals surface area contributed by atoms with Gasteiger partial charge in [-0.25, -0.2) is 4.39 Å². The number of methoxy groups -OCH3 is 2. The molecule has 0 aliphatic heterocycles. The molecule has 3 aromatic rings. The van der Waals surface area contributed by atoms with Gasteiger partial charge in [0.15, 0.2) is 0 Å². The van der Waals surface area contributed by atoms with E-state index in [9.17, 15) is 14.0 Å². The summed E-state index contributed by atoms with van der Waals surface area (Å²) in [7, 11) is 3.00. The van der Waals surface area contributed by atoms with Crippen molar-refractivity contribution in [2.45, 2.75) is 6.92 Å². The Kier molecular flexibility index (Phi) is 6.13. The summed E-state index contributed by atoms with van der Waals surface area (Å²) in [4.78, 5) is 26.0. The zero-order valence-corrected chi connectivity index (χ0v) is 16.9. The van der Waals surface area contributed by atoms with E-state index < -0.39 is 11.8 Å². The third-order valence-electron chi connectivity index (χ3n) is 4.26. The number of carbonyl (C=O) groups is 2. The lowest BCUT2D eigenvalue weighted by Crippen LogP contribution is -2.41. The average molecular weight is 414 g/mol. The van der Waals surface area contributed by atoms with Crippen molar-refractivity contribution in [3.8, 4) is 21.9 Å². The third-order valence-corrected chi connectivity index (χ3v) is 5.40. The number of ether oxygens (including phenoxy) is 2. The Labute approximate surface area is 171 Å². The Morgan fingerprint density at radius 3 is 2.07 bits per heavy atom. The van der Waals surface area contributed by atoms with Gasteiger partial charge in [0, 0.05) is 16.0 Å². The highest BCUT2D eigenvalue weighted by molar-refractivity contribution is 7.17. The number of hydrogen-bond acceptors (Lipinski definition) is 5. The van der Waals surface area contributed by atoms with Gasteiger partial charge in [-0.1, -0.05) is 12.1 Å². The molecule has 0 unspecified atom stereocenters. The average Bonchev–Trinajstić information content (AvgIpc) is 3.22. The minimum atomic E-state index is -0.509. The molecule has 1 heterocycles. The lowest BCUT2D eigenvalue weighted by atomic mass is 10.1. The van der Waals surface area contributed by atoms with Crippen LogP contribution in [0.5, 0.6) is 11.5 Å². The summed E-state index contributed by atoms with van der Waals surface area (Å²) in [5.41, 5.74) is 6.62. The fraction of sp³-hybridized carbons (Fsp3) is 0.143. The largest absolute Gasteiger partial charge is 0.496 e. The van der Waals surface area contributed by atoms with E-state index in [1.54, 1.807) is 36.4 Å². The predicted molar refractivity (Wildman–Crippen MR) is 109 cm³/mol. The SMILES string of the molecule is COc1cc(C(=O)NNC(=O)c2ccc(-c3ccc(F)cc3)s2)cc(OC)c1C. The van der Waals surface area contributed by atoms with Crippen LogP contribution < -0.4 is 20.3 Å². The minimum absolute atomic E-state index is 0.280. The zero-order valence-electron chi connectivity index (χ0n) is 16.0. The van der Waals surface area contributed by atoms with Crippen LogP contribution in [0.15, 0.2) is 48.5 Å². The van der Waals surface area contributed by atoms with Crippen molar-refractivity contribution >= 4 is 23.2 Å². The number of halogens is 1. The number of amides is 2. The lowest BCUT2D eigenvalue weighted by molar-refractivity contribution is 0.0848. The van der Waals surface area contributed by atoms with E-state index in [0.717, 1.165) is 16.0 Å². The van der Waals surface area contributed by atoms with Crippen LogP contribution in [0.2, 0.25) is 0 Å². The molecule has 0 saturated heterocycles. The van der Waals surface area contributed by atoms with Crippen LogP contribution in [-0.2, 0) is 0 Å². The normalized spacial score (nSPS) is 10.3. The number of nitrogens with one attached hydrogen (secondary N) is 2. The quantitative estimate of drug-likeness (QED) is 0.620. The molecule has 0 aliphatic rings. The van der Waals surface area contributed by atoms with Gasteiger partial charge >= 0.3 is 0 Å². The monoisotopic (exact) mass is 414 g/mol. The molecule has 3 rings (SSSR count). The summed E-state index contributed by atoms with van der Waals surface area (Å²) in [6, 6.07) is 12.5. The van der Waals surface area contributed by atoms with E-state index in [2.05, 4.69) is 10.9 Å². The van der Waals surface area contributed by atoms with Gasteiger partial charge in [-0.2, -0.15) is 0 Å². The standard InChI is InChI=1S/C21H19FN2O4S/c1-12-16(27-2)10-14(11-17(12)28-3)20(25)23-24-21(26)19-9-8-18(29-19)13-4-6-15(22)7-5-13/h4-11H,1-3H3,(H,23,25)(H,24,26). The highest BCUT2D eigenvalue weighted by Crippen LogP contribution is 2.30. The van der Waals surface area contributed by atoms with Crippen molar-refractivity contribution in [1.29, 1.82) is 0 Å². The maximum absolute atomic E-state index is 13.1. The molecule has 29 heavy (non-hydrogen) atoms. The predicted octanol–water partition coefficient (Wildman–Crippen LogP) is 3.95. The second-order valence-corrected chi connectivity index (χ2v) is 7.17. The first kappa shape index (κ1) is 20.3. The van der Waals surface area contributed by atoms with Crippen LogP contribution in [-0.4, -0.2) is 26.0 Å². The number of rotatable bonds is 5. The van der Waals surface area contributed by atoms with E-state index >= 15 is 0 Å². The molecule has 0 aliphatic carbocycles. The summed E-state index contributed by atoms with van der Waals surface area (Å²) in [5, 5.41) is 0. The first-order valence-corrected chi connectivity index (χ1v) is 9.43. The third kappa shape index (κ3) is 4.55. The van der Waals surface area contributed by atoms with Crippen LogP contribution >= 0.6 is 11.3 Å². The van der Waals surface area contributed by atoms with Gasteiger partial charge in [0.1, 0.15) is 17.3 Å². The Morgan fingerprint density at radius 1 is 0.897 bits per heavy atom. The van der Waals surface area contributed by atoms with Crippen molar-refractivity contribution in [2.75, 3.05) is 14.2 Å². The molecule has 150 valence electrons. The fourth-order valence-electron chi connectivity index (χ4n) is 2.69. The molecule has 0 radical (unpaired) electrons. The van der Waals surface area contributed by atoms with Crippen molar-refractivity contribution in [1.82, 2.24) is 10.9 Å². The molecule has 2 N–H and O–H groups in total. The van der Waals surface area contributed by atoms with Gasteiger partial charge < -0.3 is 9.47 Å². The van der Waals surface area contributed by atoms with Crippen LogP contribution in [0.1, 0.15) is 25.6 Å². The van der Waals surface area contributed by atoms with Crippen LogP contribution in [0.25, 0.3) is 10.4 Å². The fourth-order valence-corrected chi connectivity index (χ4v) is 3.60. The number of carbonyl (C=O) groups excluding carboxylic acids is 2. The van der Waals surface area contributed by atoms with E-state index in [1.165, 1.54) is 37.7 Å². The highest BCUT2D eigenvalue weighted by Gasteiger charge is 2.16. The van der Waals surface area contributed by atoms with Gasteiger partial charge in [-0.05, 0) is 48.9 Å². The van der Waals surface area contributed by atoms with Crippen molar-refractivity contribution in [2.24, 2.45) is 0 Å². The van der Waals surface area contributed by atoms with E-state index in [1.807, 2.05) is 6.92 Å². The topological polar surface area (TPSA) is 76.7 Å². The van der Waals surface area contributed by atoms with Crippen LogP contribution in [0.3, 0.4) is 0 Å². The maximum atomic E-state index is 13.1. The smallest absolute Gasteiger partial charge is 0.279 e. The molecule has 2 aromatic carbocycles. The van der Waals surface area contributed by atoms with Gasteiger partial charge in [0.2, 0.25) is 0 Å². The number of hydrazine groups is 1. The van der Waals surface area contributed by atoms with Gasteiger partial charge in [0.05, 0.1) is 19.1 Å². The van der Waals surface area contributed by atoms with Crippen molar-refractivity contribution in [3.05, 3.63) is 70.4 Å². The Balaban J connectivity index is 1.68. The molecule has 6 nitrogen and oxygen atoms in total. The van der Waals surface area contributed by atoms with Gasteiger partial charge in [-0.3, -0.25) is 20.4 Å². The van der Waals surface area contributed by atoms with Crippen molar-refractivity contribution in [3.63, 3.8) is 0 Å².